The number of nitrogens with one attached hydrogen (secondary N) is 3. The lowest BCUT2D eigenvalue weighted by Gasteiger charge is -2.11. The summed E-state index contributed by atoms with van der Waals surface area (Å²) in [6.45, 7) is 5.73. The molecular weight excluding hydrogens is 436 g/mol. The third-order valence-corrected chi connectivity index (χ3v) is 4.76. The molecule has 34 heavy (non-hydrogen) atoms. The molecule has 9 heteroatoms. The number of methoxy groups -OCH3 is 1. The summed E-state index contributed by atoms with van der Waals surface area (Å²) in [4.78, 5) is 26.6. The maximum atomic E-state index is 11.5. The Morgan fingerprint density at radius 1 is 0.912 bits per heavy atom. The fourth-order valence-electron chi connectivity index (χ4n) is 2.80. The second kappa shape index (κ2) is 12.1. The van der Waals surface area contributed by atoms with Crippen molar-refractivity contribution in [3.05, 3.63) is 71.0 Å². The summed E-state index contributed by atoms with van der Waals surface area (Å²) in [5.74, 6) is 1.71. The molecule has 0 aliphatic carbocycles. The molecule has 0 saturated heterocycles. The lowest BCUT2D eigenvalue weighted by Crippen LogP contribution is -2.24. The number of nitrogens with zero attached hydrogens (tertiary/aromatic N) is 1. The van der Waals surface area contributed by atoms with Crippen molar-refractivity contribution >= 4 is 17.6 Å². The number of rotatable bonds is 5. The Bertz CT molecular complexity index is 1160. The van der Waals surface area contributed by atoms with Crippen molar-refractivity contribution < 1.29 is 24.2 Å². The second-order valence-electron chi connectivity index (χ2n) is 7.37. The average molecular weight is 467 g/mol. The van der Waals surface area contributed by atoms with Crippen LogP contribution < -0.4 is 25.4 Å². The first-order valence-corrected chi connectivity index (χ1v) is 10.5. The van der Waals surface area contributed by atoms with Gasteiger partial charge in [-0.2, -0.15) is 0 Å². The zero-order valence-electron chi connectivity index (χ0n) is 20.1. The van der Waals surface area contributed by atoms with Crippen LogP contribution in [0.3, 0.4) is 0 Å². The highest BCUT2D eigenvalue weighted by molar-refractivity contribution is 5.92. The van der Waals surface area contributed by atoms with E-state index in [9.17, 15) is 14.7 Å². The summed E-state index contributed by atoms with van der Waals surface area (Å²) < 4.78 is 10.8. The number of phenols is 1. The molecule has 180 valence electrons. The predicted molar refractivity (Wildman–Crippen MR) is 131 cm³/mol. The first kappa shape index (κ1) is 26.0. The van der Waals surface area contributed by atoms with E-state index in [2.05, 4.69) is 20.9 Å². The molecule has 0 spiro atoms. The van der Waals surface area contributed by atoms with Crippen LogP contribution in [0.5, 0.6) is 23.0 Å². The summed E-state index contributed by atoms with van der Waals surface area (Å²) in [5, 5.41) is 17.0. The highest BCUT2D eigenvalue weighted by Gasteiger charge is 2.10. The third-order valence-electron chi connectivity index (χ3n) is 4.76. The van der Waals surface area contributed by atoms with E-state index in [1.165, 1.54) is 20.2 Å². The summed E-state index contributed by atoms with van der Waals surface area (Å²) in [6, 6.07) is 12.1. The third kappa shape index (κ3) is 7.13. The van der Waals surface area contributed by atoms with Crippen LogP contribution in [-0.2, 0) is 0 Å². The number of hydrogen-bond donors (Lipinski definition) is 4. The number of carbonyl (C=O) groups excluding carboxylic acids is 2. The molecule has 9 nitrogen and oxygen atoms in total. The van der Waals surface area contributed by atoms with E-state index >= 15 is 0 Å². The summed E-state index contributed by atoms with van der Waals surface area (Å²) in [6.07, 6.45) is 1.56. The van der Waals surface area contributed by atoms with Gasteiger partial charge < -0.3 is 30.5 Å². The van der Waals surface area contributed by atoms with Gasteiger partial charge in [0.05, 0.1) is 12.8 Å². The van der Waals surface area contributed by atoms with E-state index in [0.717, 1.165) is 16.9 Å². The molecule has 3 rings (SSSR count). The van der Waals surface area contributed by atoms with Crippen molar-refractivity contribution in [1.82, 2.24) is 15.6 Å². The number of benzene rings is 2. The fraction of sp³-hybridized carbons (Fsp3) is 0.240. The number of carbonyl (C=O) groups is 2. The Labute approximate surface area is 199 Å². The van der Waals surface area contributed by atoms with Crippen LogP contribution in [0.4, 0.5) is 10.5 Å². The quantitative estimate of drug-likeness (QED) is 0.416. The standard InChI is InChI=1S/C15H16N2O2.C10H14N2O3/c1-10-4-5-11(2)14(8-10)19-12-6-7-17-13(9-12)15(18)16-3;1-6-4-7(12-10(14)11-2)9(15-3)5-8(6)13/h4-9H,1-3H3,(H,16,18);4-5,13H,1-3H3,(H2,11,12,14). The van der Waals surface area contributed by atoms with Gasteiger partial charge >= 0.3 is 6.03 Å². The van der Waals surface area contributed by atoms with Gasteiger partial charge in [-0.1, -0.05) is 12.1 Å². The number of aromatic hydroxyl groups is 1. The number of hydrogen-bond acceptors (Lipinski definition) is 6. The van der Waals surface area contributed by atoms with Gasteiger partial charge in [-0.3, -0.25) is 9.78 Å². The van der Waals surface area contributed by atoms with Crippen LogP contribution in [-0.4, -0.2) is 43.2 Å². The Morgan fingerprint density at radius 2 is 1.65 bits per heavy atom. The van der Waals surface area contributed by atoms with Gasteiger partial charge in [-0.05, 0) is 55.7 Å². The molecule has 4 N–H and O–H groups in total. The summed E-state index contributed by atoms with van der Waals surface area (Å²) in [5.41, 5.74) is 3.70. The number of aromatic nitrogens is 1. The molecule has 1 aromatic heterocycles. The molecule has 0 saturated carbocycles. The lowest BCUT2D eigenvalue weighted by molar-refractivity contribution is 0.0957. The second-order valence-corrected chi connectivity index (χ2v) is 7.37. The van der Waals surface area contributed by atoms with E-state index < -0.39 is 0 Å². The minimum Gasteiger partial charge on any atom is -0.508 e. The van der Waals surface area contributed by atoms with Gasteiger partial charge in [-0.25, -0.2) is 4.79 Å². The van der Waals surface area contributed by atoms with Gasteiger partial charge in [0.15, 0.2) is 0 Å². The molecule has 3 aromatic rings. The fourth-order valence-corrected chi connectivity index (χ4v) is 2.80. The van der Waals surface area contributed by atoms with Gasteiger partial charge in [0.1, 0.15) is 28.7 Å². The van der Waals surface area contributed by atoms with Crippen LogP contribution in [0, 0.1) is 20.8 Å². The Balaban J connectivity index is 0.000000248. The number of phenolic OH excluding ortho intramolecular Hbond substituents is 1. The molecule has 1 heterocycles. The van der Waals surface area contributed by atoms with Crippen LogP contribution in [0.25, 0.3) is 0 Å². The van der Waals surface area contributed by atoms with Crippen molar-refractivity contribution in [3.63, 3.8) is 0 Å². The SMILES string of the molecule is CNC(=O)Nc1cc(C)c(O)cc1OC.CNC(=O)c1cc(Oc2cc(C)ccc2C)ccn1. The molecule has 0 atom stereocenters. The van der Waals surface area contributed by atoms with Gasteiger partial charge in [0, 0.05) is 32.4 Å². The molecule has 3 amide bonds. The largest absolute Gasteiger partial charge is 0.508 e. The molecule has 2 aromatic carbocycles. The van der Waals surface area contributed by atoms with Crippen LogP contribution in [0.2, 0.25) is 0 Å². The lowest BCUT2D eigenvalue weighted by atomic mass is 10.1. The Morgan fingerprint density at radius 3 is 2.29 bits per heavy atom. The van der Waals surface area contributed by atoms with Crippen molar-refractivity contribution in [2.45, 2.75) is 20.8 Å². The van der Waals surface area contributed by atoms with Crippen molar-refractivity contribution in [1.29, 1.82) is 0 Å². The first-order valence-electron chi connectivity index (χ1n) is 10.5. The minimum atomic E-state index is -0.335. The van der Waals surface area contributed by atoms with E-state index in [1.807, 2.05) is 32.0 Å². The van der Waals surface area contributed by atoms with Crippen molar-refractivity contribution in [2.24, 2.45) is 0 Å². The van der Waals surface area contributed by atoms with Crippen LogP contribution >= 0.6 is 0 Å². The number of urea groups is 1. The number of amides is 3. The first-order chi connectivity index (χ1) is 16.2. The number of ether oxygens (including phenoxy) is 2. The Hall–Kier alpha value is -4.27. The monoisotopic (exact) mass is 466 g/mol. The topological polar surface area (TPSA) is 122 Å². The van der Waals surface area contributed by atoms with Crippen LogP contribution in [0.15, 0.2) is 48.7 Å². The van der Waals surface area contributed by atoms with Gasteiger partial charge in [0.25, 0.3) is 5.91 Å². The van der Waals surface area contributed by atoms with E-state index in [4.69, 9.17) is 9.47 Å². The maximum absolute atomic E-state index is 11.5. The van der Waals surface area contributed by atoms with E-state index in [0.29, 0.717) is 28.4 Å². The Kier molecular flexibility index (Phi) is 9.25. The maximum Gasteiger partial charge on any atom is 0.319 e. The molecule has 0 fully saturated rings. The van der Waals surface area contributed by atoms with Gasteiger partial charge in [-0.15, -0.1) is 0 Å². The highest BCUT2D eigenvalue weighted by atomic mass is 16.5. The molecule has 0 unspecified atom stereocenters. The molecule has 0 radical (unpaired) electrons. The number of aryl methyl sites for hydroxylation is 3. The predicted octanol–water partition coefficient (Wildman–Crippen LogP) is 4.31. The summed E-state index contributed by atoms with van der Waals surface area (Å²) in [7, 11) is 4.57. The van der Waals surface area contributed by atoms with E-state index in [1.54, 1.807) is 38.4 Å². The average Bonchev–Trinajstić information content (AvgIpc) is 2.83. The minimum absolute atomic E-state index is 0.134. The number of pyridine rings is 1. The molecule has 0 aliphatic heterocycles. The molecule has 0 bridgehead atoms. The normalized spacial score (nSPS) is 9.82. The molecule has 0 aliphatic rings. The van der Waals surface area contributed by atoms with Gasteiger partial charge in [0.2, 0.25) is 0 Å². The van der Waals surface area contributed by atoms with Crippen molar-refractivity contribution in [2.75, 3.05) is 26.5 Å². The van der Waals surface area contributed by atoms with Crippen LogP contribution in [0.1, 0.15) is 27.2 Å². The zero-order chi connectivity index (χ0) is 25.3. The number of anilines is 1. The van der Waals surface area contributed by atoms with Crippen molar-refractivity contribution in [3.8, 4) is 23.0 Å². The highest BCUT2D eigenvalue weighted by Crippen LogP contribution is 2.31. The smallest absolute Gasteiger partial charge is 0.319 e. The zero-order valence-corrected chi connectivity index (χ0v) is 20.1. The summed E-state index contributed by atoms with van der Waals surface area (Å²) >= 11 is 0. The molecular formula is C25H30N4O5. The van der Waals surface area contributed by atoms with E-state index in [-0.39, 0.29) is 17.7 Å².